The van der Waals surface area contributed by atoms with E-state index >= 15 is 0 Å². The number of rotatable bonds is 1. The fourth-order valence-electron chi connectivity index (χ4n) is 7.41. The van der Waals surface area contributed by atoms with Gasteiger partial charge in [-0.1, -0.05) is 38.0 Å². The van der Waals surface area contributed by atoms with Crippen molar-refractivity contribution in [2.24, 2.45) is 34.5 Å². The molecular weight excluding hydrogens is 312 g/mol. The minimum Gasteiger partial charge on any atom is -0.393 e. The van der Waals surface area contributed by atoms with Crippen molar-refractivity contribution in [3.63, 3.8) is 0 Å². The molecule has 4 aliphatic rings. The first kappa shape index (κ1) is 17.5. The minimum atomic E-state index is -0.319. The Labute approximate surface area is 151 Å². The van der Waals surface area contributed by atoms with Crippen molar-refractivity contribution in [2.75, 3.05) is 6.61 Å². The first-order valence-electron chi connectivity index (χ1n) is 10.0. The van der Waals surface area contributed by atoms with Crippen LogP contribution in [-0.2, 0) is 4.79 Å². The summed E-state index contributed by atoms with van der Waals surface area (Å²) in [6, 6.07) is 0. The van der Waals surface area contributed by atoms with Crippen LogP contribution >= 0.6 is 0 Å². The molecule has 0 radical (unpaired) electrons. The summed E-state index contributed by atoms with van der Waals surface area (Å²) >= 11 is 0. The van der Waals surface area contributed by atoms with Crippen molar-refractivity contribution in [3.05, 3.63) is 23.3 Å². The van der Waals surface area contributed by atoms with Gasteiger partial charge in [-0.15, -0.1) is 0 Å². The van der Waals surface area contributed by atoms with Gasteiger partial charge in [-0.25, -0.2) is 0 Å². The number of aliphatic hydroxyl groups excluding tert-OH is 2. The zero-order chi connectivity index (χ0) is 18.0. The molecule has 4 rings (SSSR count). The van der Waals surface area contributed by atoms with E-state index in [0.29, 0.717) is 24.2 Å². The standard InChI is InChI=1S/C22H32O3/c1-13-10-16-17-5-4-14(7-9-23)22(17,3)12-19(25)20(16)21(2)8-6-15(24)11-18(13)21/h7,11,13,16-17,19-20,23,25H,4-6,8-10,12H2,1-3H3/b14-7+. The van der Waals surface area contributed by atoms with Gasteiger partial charge in [-0.3, -0.25) is 4.79 Å². The first-order valence-corrected chi connectivity index (χ1v) is 10.0. The Morgan fingerprint density at radius 1 is 1.28 bits per heavy atom. The van der Waals surface area contributed by atoms with Gasteiger partial charge in [0.05, 0.1) is 12.7 Å². The van der Waals surface area contributed by atoms with Crippen molar-refractivity contribution in [1.29, 1.82) is 0 Å². The lowest BCUT2D eigenvalue weighted by Gasteiger charge is -2.60. The molecule has 3 heteroatoms. The minimum absolute atomic E-state index is 0.0273. The maximum absolute atomic E-state index is 12.0. The normalized spacial score (nSPS) is 50.9. The van der Waals surface area contributed by atoms with E-state index in [9.17, 15) is 15.0 Å². The van der Waals surface area contributed by atoms with E-state index in [-0.39, 0.29) is 35.2 Å². The highest BCUT2D eigenvalue weighted by molar-refractivity contribution is 5.91. The topological polar surface area (TPSA) is 57.5 Å². The summed E-state index contributed by atoms with van der Waals surface area (Å²) in [4.78, 5) is 12.0. The van der Waals surface area contributed by atoms with Crippen molar-refractivity contribution in [3.8, 4) is 0 Å². The third-order valence-corrected chi connectivity index (χ3v) is 8.40. The van der Waals surface area contributed by atoms with Crippen LogP contribution in [0.4, 0.5) is 0 Å². The summed E-state index contributed by atoms with van der Waals surface area (Å²) in [6.07, 6.45) is 9.23. The highest BCUT2D eigenvalue weighted by Crippen LogP contribution is 2.67. The molecule has 3 nitrogen and oxygen atoms in total. The van der Waals surface area contributed by atoms with Crippen molar-refractivity contribution < 1.29 is 15.0 Å². The van der Waals surface area contributed by atoms with E-state index in [2.05, 4.69) is 20.8 Å². The lowest BCUT2D eigenvalue weighted by Crippen LogP contribution is -2.57. The molecule has 0 heterocycles. The molecule has 7 unspecified atom stereocenters. The Morgan fingerprint density at radius 2 is 2.04 bits per heavy atom. The van der Waals surface area contributed by atoms with E-state index in [4.69, 9.17) is 0 Å². The average Bonchev–Trinajstić information content (AvgIpc) is 2.86. The van der Waals surface area contributed by atoms with Gasteiger partial charge in [0.1, 0.15) is 0 Å². The number of carbonyl (C=O) groups excluding carboxylic acids is 1. The van der Waals surface area contributed by atoms with Gasteiger partial charge < -0.3 is 10.2 Å². The lowest BCUT2D eigenvalue weighted by atomic mass is 9.45. The van der Waals surface area contributed by atoms with Gasteiger partial charge in [0.15, 0.2) is 5.78 Å². The third-order valence-electron chi connectivity index (χ3n) is 8.40. The molecule has 0 aromatic heterocycles. The molecule has 0 saturated heterocycles. The summed E-state index contributed by atoms with van der Waals surface area (Å²) in [6.45, 7) is 7.00. The number of fused-ring (bicyclic) bond motifs is 5. The monoisotopic (exact) mass is 344 g/mol. The van der Waals surface area contributed by atoms with Crippen molar-refractivity contribution in [1.82, 2.24) is 0 Å². The van der Waals surface area contributed by atoms with Crippen LogP contribution in [0.3, 0.4) is 0 Å². The molecule has 0 amide bonds. The quantitative estimate of drug-likeness (QED) is 0.714. The Kier molecular flexibility index (Phi) is 4.05. The lowest BCUT2D eigenvalue weighted by molar-refractivity contribution is -0.128. The number of carbonyl (C=O) groups is 1. The Morgan fingerprint density at radius 3 is 2.76 bits per heavy atom. The van der Waals surface area contributed by atoms with Crippen LogP contribution in [0.1, 0.15) is 59.3 Å². The number of hydrogen-bond acceptors (Lipinski definition) is 3. The Balaban J connectivity index is 1.76. The first-order chi connectivity index (χ1) is 11.8. The fourth-order valence-corrected chi connectivity index (χ4v) is 7.41. The molecule has 2 N–H and O–H groups in total. The van der Waals surface area contributed by atoms with E-state index in [1.54, 1.807) is 0 Å². The second-order valence-corrected chi connectivity index (χ2v) is 9.56. The van der Waals surface area contributed by atoms with E-state index in [1.165, 1.54) is 17.6 Å². The van der Waals surface area contributed by atoms with Crippen molar-refractivity contribution in [2.45, 2.75) is 65.4 Å². The summed E-state index contributed by atoms with van der Waals surface area (Å²) in [5, 5.41) is 20.7. The highest BCUT2D eigenvalue weighted by Gasteiger charge is 2.61. The molecule has 0 aliphatic heterocycles. The number of ketones is 1. The zero-order valence-corrected chi connectivity index (χ0v) is 15.8. The third kappa shape index (κ3) is 2.35. The predicted octanol–water partition coefficient (Wildman–Crippen LogP) is 3.65. The molecule has 0 spiro atoms. The number of aliphatic hydroxyl groups is 2. The SMILES string of the molecule is CC1CC2C(C(O)CC3(C)/C(=C/CO)CCC23)C2(C)CCC(=O)C=C12. The molecule has 0 aromatic carbocycles. The second kappa shape index (κ2) is 5.79. The van der Waals surface area contributed by atoms with E-state index in [1.807, 2.05) is 12.2 Å². The fraction of sp³-hybridized carbons (Fsp3) is 0.773. The van der Waals surface area contributed by atoms with Crippen LogP contribution in [0.2, 0.25) is 0 Å². The van der Waals surface area contributed by atoms with Gasteiger partial charge in [-0.2, -0.15) is 0 Å². The maximum atomic E-state index is 12.0. The smallest absolute Gasteiger partial charge is 0.155 e. The summed E-state index contributed by atoms with van der Waals surface area (Å²) in [5.74, 6) is 2.08. The van der Waals surface area contributed by atoms with Crippen LogP contribution in [0.15, 0.2) is 23.3 Å². The molecule has 3 saturated carbocycles. The molecule has 3 fully saturated rings. The number of hydrogen-bond donors (Lipinski definition) is 2. The molecule has 4 aliphatic carbocycles. The summed E-state index contributed by atoms with van der Waals surface area (Å²) in [5.41, 5.74) is 2.66. The van der Waals surface area contributed by atoms with Gasteiger partial charge in [0.25, 0.3) is 0 Å². The maximum Gasteiger partial charge on any atom is 0.155 e. The van der Waals surface area contributed by atoms with Crippen LogP contribution < -0.4 is 0 Å². The second-order valence-electron chi connectivity index (χ2n) is 9.56. The van der Waals surface area contributed by atoms with Gasteiger partial charge in [0.2, 0.25) is 0 Å². The van der Waals surface area contributed by atoms with Crippen LogP contribution in [-0.4, -0.2) is 28.7 Å². The van der Waals surface area contributed by atoms with E-state index < -0.39 is 0 Å². The van der Waals surface area contributed by atoms with Crippen LogP contribution in [0.25, 0.3) is 0 Å². The highest BCUT2D eigenvalue weighted by atomic mass is 16.3. The molecular formula is C22H32O3. The van der Waals surface area contributed by atoms with Crippen LogP contribution in [0.5, 0.6) is 0 Å². The zero-order valence-electron chi connectivity index (χ0n) is 15.8. The van der Waals surface area contributed by atoms with E-state index in [0.717, 1.165) is 25.7 Å². The molecule has 0 aromatic rings. The molecule has 25 heavy (non-hydrogen) atoms. The van der Waals surface area contributed by atoms with Gasteiger partial charge >= 0.3 is 0 Å². The van der Waals surface area contributed by atoms with Gasteiger partial charge in [-0.05, 0) is 72.7 Å². The molecule has 7 atom stereocenters. The number of allylic oxidation sites excluding steroid dienone is 2. The Hall–Kier alpha value is -0.930. The molecule has 138 valence electrons. The Bertz CT molecular complexity index is 648. The van der Waals surface area contributed by atoms with Crippen molar-refractivity contribution >= 4 is 5.78 Å². The molecule has 0 bridgehead atoms. The van der Waals surface area contributed by atoms with Crippen LogP contribution in [0, 0.1) is 34.5 Å². The largest absolute Gasteiger partial charge is 0.393 e. The summed E-state index contributed by atoms with van der Waals surface area (Å²) < 4.78 is 0. The predicted molar refractivity (Wildman–Crippen MR) is 97.8 cm³/mol. The van der Waals surface area contributed by atoms with Gasteiger partial charge in [0, 0.05) is 6.42 Å². The average molecular weight is 344 g/mol. The summed E-state index contributed by atoms with van der Waals surface area (Å²) in [7, 11) is 0.